The van der Waals surface area contributed by atoms with Gasteiger partial charge in [-0.25, -0.2) is 4.98 Å². The number of aliphatic imine (C=N–C) groups is 1. The summed E-state index contributed by atoms with van der Waals surface area (Å²) >= 11 is 1.72. The zero-order chi connectivity index (χ0) is 19.1. The minimum Gasteiger partial charge on any atom is -0.497 e. The van der Waals surface area contributed by atoms with Crippen LogP contribution >= 0.6 is 35.3 Å². The molecule has 1 heterocycles. The topological polar surface area (TPSA) is 61.8 Å². The monoisotopic (exact) mass is 503 g/mol. The molecule has 0 amide bonds. The van der Waals surface area contributed by atoms with Gasteiger partial charge in [-0.1, -0.05) is 12.1 Å². The maximum atomic E-state index is 5.25. The number of nitrogens with one attached hydrogen (secondary N) is 2. The highest BCUT2D eigenvalue weighted by Gasteiger charge is 2.15. The second kappa shape index (κ2) is 11.5. The summed E-state index contributed by atoms with van der Waals surface area (Å²) in [6, 6.07) is 8.42. The number of benzene rings is 1. The van der Waals surface area contributed by atoms with E-state index in [1.54, 1.807) is 25.5 Å². The number of aryl methyl sites for hydroxylation is 2. The van der Waals surface area contributed by atoms with Gasteiger partial charge in [0, 0.05) is 18.5 Å². The molecule has 2 aromatic rings. The largest absolute Gasteiger partial charge is 0.497 e. The minimum atomic E-state index is 0. The van der Waals surface area contributed by atoms with Crippen molar-refractivity contribution in [2.75, 3.05) is 34.8 Å². The van der Waals surface area contributed by atoms with Crippen LogP contribution in [0, 0.1) is 13.8 Å². The number of hydrogen-bond donors (Lipinski definition) is 2. The standard InChI is InChI=1S/C19H29N5OS.HI/c1-13-18(26-14(2)23-13)12-22-19(20-3)21-11-17(24(4)5)15-7-9-16(25-6)10-8-15;/h7-10,17H,11-12H2,1-6H3,(H2,20,21,22);1H. The van der Waals surface area contributed by atoms with Crippen molar-refractivity contribution < 1.29 is 4.74 Å². The van der Waals surface area contributed by atoms with Crippen LogP contribution in [-0.4, -0.2) is 50.6 Å². The Labute approximate surface area is 183 Å². The van der Waals surface area contributed by atoms with Crippen LogP contribution in [0.4, 0.5) is 0 Å². The van der Waals surface area contributed by atoms with Crippen LogP contribution in [-0.2, 0) is 6.54 Å². The average molecular weight is 503 g/mol. The molecule has 0 saturated carbocycles. The van der Waals surface area contributed by atoms with Gasteiger partial charge < -0.3 is 20.3 Å². The van der Waals surface area contributed by atoms with E-state index in [2.05, 4.69) is 51.7 Å². The summed E-state index contributed by atoms with van der Waals surface area (Å²) in [5.41, 5.74) is 2.31. The number of nitrogens with zero attached hydrogens (tertiary/aromatic N) is 3. The first-order valence-corrected chi connectivity index (χ1v) is 9.44. The maximum absolute atomic E-state index is 5.25. The second-order valence-corrected chi connectivity index (χ2v) is 7.59. The Morgan fingerprint density at radius 1 is 1.22 bits per heavy atom. The van der Waals surface area contributed by atoms with Crippen molar-refractivity contribution in [3.05, 3.63) is 45.4 Å². The van der Waals surface area contributed by atoms with E-state index >= 15 is 0 Å². The Morgan fingerprint density at radius 2 is 1.89 bits per heavy atom. The van der Waals surface area contributed by atoms with Crippen molar-refractivity contribution in [3.8, 4) is 5.75 Å². The molecule has 8 heteroatoms. The maximum Gasteiger partial charge on any atom is 0.191 e. The fraction of sp³-hybridized carbons (Fsp3) is 0.474. The van der Waals surface area contributed by atoms with Crippen LogP contribution < -0.4 is 15.4 Å². The highest BCUT2D eigenvalue weighted by atomic mass is 127. The van der Waals surface area contributed by atoms with Gasteiger partial charge in [-0.15, -0.1) is 35.3 Å². The van der Waals surface area contributed by atoms with Crippen molar-refractivity contribution in [2.45, 2.75) is 26.4 Å². The molecule has 6 nitrogen and oxygen atoms in total. The molecule has 1 aromatic carbocycles. The molecule has 0 fully saturated rings. The van der Waals surface area contributed by atoms with Crippen LogP contribution in [0.1, 0.15) is 27.2 Å². The normalized spacial score (nSPS) is 12.5. The lowest BCUT2D eigenvalue weighted by Crippen LogP contribution is -2.41. The van der Waals surface area contributed by atoms with Gasteiger partial charge in [0.05, 0.1) is 30.4 Å². The lowest BCUT2D eigenvalue weighted by atomic mass is 10.1. The number of methoxy groups -OCH3 is 1. The number of aromatic nitrogens is 1. The molecule has 27 heavy (non-hydrogen) atoms. The van der Waals surface area contributed by atoms with E-state index in [0.29, 0.717) is 0 Å². The molecule has 0 bridgehead atoms. The van der Waals surface area contributed by atoms with Crippen LogP contribution in [0.5, 0.6) is 5.75 Å². The first-order valence-electron chi connectivity index (χ1n) is 8.62. The number of guanidine groups is 1. The van der Waals surface area contributed by atoms with Gasteiger partial charge in [-0.05, 0) is 45.6 Å². The summed E-state index contributed by atoms with van der Waals surface area (Å²) < 4.78 is 5.25. The predicted octanol–water partition coefficient (Wildman–Crippen LogP) is 3.35. The van der Waals surface area contributed by atoms with E-state index in [-0.39, 0.29) is 30.0 Å². The van der Waals surface area contributed by atoms with E-state index in [1.165, 1.54) is 10.4 Å². The van der Waals surface area contributed by atoms with Crippen LogP contribution in [0.3, 0.4) is 0 Å². The number of hydrogen-bond acceptors (Lipinski definition) is 5. The summed E-state index contributed by atoms with van der Waals surface area (Å²) in [6.45, 7) is 5.55. The molecular weight excluding hydrogens is 473 g/mol. The third-order valence-electron chi connectivity index (χ3n) is 4.23. The molecule has 0 aliphatic rings. The minimum absolute atomic E-state index is 0. The Kier molecular flexibility index (Phi) is 10.0. The van der Waals surface area contributed by atoms with Gasteiger partial charge in [0.25, 0.3) is 0 Å². The van der Waals surface area contributed by atoms with Gasteiger partial charge in [0.2, 0.25) is 0 Å². The van der Waals surface area contributed by atoms with Gasteiger partial charge in [-0.2, -0.15) is 0 Å². The van der Waals surface area contributed by atoms with E-state index < -0.39 is 0 Å². The quantitative estimate of drug-likeness (QED) is 0.345. The predicted molar refractivity (Wildman–Crippen MR) is 125 cm³/mol. The van der Waals surface area contributed by atoms with E-state index in [1.807, 2.05) is 26.0 Å². The summed E-state index contributed by atoms with van der Waals surface area (Å²) in [6.07, 6.45) is 0. The van der Waals surface area contributed by atoms with Crippen molar-refractivity contribution in [1.82, 2.24) is 20.5 Å². The summed E-state index contributed by atoms with van der Waals surface area (Å²) in [4.78, 5) is 12.2. The molecule has 0 saturated heterocycles. The molecule has 150 valence electrons. The second-order valence-electron chi connectivity index (χ2n) is 6.30. The highest BCUT2D eigenvalue weighted by Crippen LogP contribution is 2.21. The number of thiazole rings is 1. The third kappa shape index (κ3) is 6.93. The summed E-state index contributed by atoms with van der Waals surface area (Å²) in [5, 5.41) is 7.89. The molecule has 0 spiro atoms. The van der Waals surface area contributed by atoms with Crippen molar-refractivity contribution in [1.29, 1.82) is 0 Å². The smallest absolute Gasteiger partial charge is 0.191 e. The molecule has 0 aliphatic heterocycles. The number of halogens is 1. The molecule has 1 aromatic heterocycles. The Bertz CT molecular complexity index is 730. The third-order valence-corrected chi connectivity index (χ3v) is 5.30. The highest BCUT2D eigenvalue weighted by molar-refractivity contribution is 14.0. The van der Waals surface area contributed by atoms with E-state index in [0.717, 1.165) is 35.5 Å². The summed E-state index contributed by atoms with van der Waals surface area (Å²) in [5.74, 6) is 1.66. The van der Waals surface area contributed by atoms with Crippen molar-refractivity contribution >= 4 is 41.3 Å². The van der Waals surface area contributed by atoms with Gasteiger partial charge in [-0.3, -0.25) is 4.99 Å². The zero-order valence-corrected chi connectivity index (χ0v) is 20.0. The SMILES string of the molecule is CN=C(NCc1sc(C)nc1C)NCC(c1ccc(OC)cc1)N(C)C.I. The Balaban J connectivity index is 0.00000364. The van der Waals surface area contributed by atoms with Gasteiger partial charge in [0.15, 0.2) is 5.96 Å². The number of ether oxygens (including phenoxy) is 1. The van der Waals surface area contributed by atoms with Crippen LogP contribution in [0.25, 0.3) is 0 Å². The molecule has 2 N–H and O–H groups in total. The number of likely N-dealkylation sites (N-methyl/N-ethyl adjacent to an activating group) is 1. The molecule has 1 unspecified atom stereocenters. The molecule has 1 atom stereocenters. The van der Waals surface area contributed by atoms with Gasteiger partial charge >= 0.3 is 0 Å². The first kappa shape index (κ1) is 23.6. The fourth-order valence-corrected chi connectivity index (χ4v) is 3.62. The van der Waals surface area contributed by atoms with E-state index in [4.69, 9.17) is 4.74 Å². The number of rotatable bonds is 7. The lowest BCUT2D eigenvalue weighted by Gasteiger charge is -2.26. The van der Waals surface area contributed by atoms with Crippen LogP contribution in [0.15, 0.2) is 29.3 Å². The molecule has 0 radical (unpaired) electrons. The molecule has 2 rings (SSSR count). The summed E-state index contributed by atoms with van der Waals surface area (Å²) in [7, 11) is 7.63. The Morgan fingerprint density at radius 3 is 2.37 bits per heavy atom. The average Bonchev–Trinajstić information content (AvgIpc) is 2.95. The van der Waals surface area contributed by atoms with Crippen molar-refractivity contribution in [3.63, 3.8) is 0 Å². The molecular formula is C19H30IN5OS. The Hall–Kier alpha value is -1.39. The lowest BCUT2D eigenvalue weighted by molar-refractivity contribution is 0.298. The van der Waals surface area contributed by atoms with Gasteiger partial charge in [0.1, 0.15) is 5.75 Å². The zero-order valence-electron chi connectivity index (χ0n) is 16.9. The van der Waals surface area contributed by atoms with E-state index in [9.17, 15) is 0 Å². The molecule has 0 aliphatic carbocycles. The fourth-order valence-electron chi connectivity index (χ4n) is 2.74. The first-order chi connectivity index (χ1) is 12.4. The van der Waals surface area contributed by atoms with Crippen molar-refractivity contribution in [2.24, 2.45) is 4.99 Å². The van der Waals surface area contributed by atoms with Crippen LogP contribution in [0.2, 0.25) is 0 Å².